The summed E-state index contributed by atoms with van der Waals surface area (Å²) >= 11 is 0. The zero-order valence-corrected chi connectivity index (χ0v) is 19.4. The summed E-state index contributed by atoms with van der Waals surface area (Å²) in [4.78, 5) is 9.08. The van der Waals surface area contributed by atoms with Crippen LogP contribution in [-0.4, -0.2) is 60.6 Å². The number of hydrogen-bond donors (Lipinski definition) is 1. The van der Waals surface area contributed by atoms with Gasteiger partial charge in [0.2, 0.25) is 0 Å². The smallest absolute Gasteiger partial charge is 0.193 e. The standard InChI is InChI=1S/C21H28N4OS.HI/c1-22-21(23-12-17-27(26)18-19-8-4-2-5-9-19)25-15-13-24(14-16-25)20-10-6-3-7-11-20;/h2-11H,12-18H2,1H3,(H,22,23);1H. The Kier molecular flexibility index (Phi) is 9.77. The normalized spacial score (nSPS) is 15.7. The second-order valence-electron chi connectivity index (χ2n) is 6.56. The van der Waals surface area contributed by atoms with Crippen LogP contribution in [0.15, 0.2) is 65.7 Å². The molecule has 1 fully saturated rings. The van der Waals surface area contributed by atoms with Crippen molar-refractivity contribution in [2.45, 2.75) is 5.75 Å². The second kappa shape index (κ2) is 12.1. The Morgan fingerprint density at radius 3 is 2.21 bits per heavy atom. The predicted octanol–water partition coefficient (Wildman–Crippen LogP) is 2.95. The number of rotatable bonds is 6. The Labute approximate surface area is 187 Å². The van der Waals surface area contributed by atoms with Crippen LogP contribution in [0.2, 0.25) is 0 Å². The number of anilines is 1. The molecule has 0 aromatic heterocycles. The number of aliphatic imine (C=N–C) groups is 1. The average Bonchev–Trinajstić information content (AvgIpc) is 2.73. The molecule has 152 valence electrons. The van der Waals surface area contributed by atoms with E-state index in [0.29, 0.717) is 18.1 Å². The number of nitrogens with zero attached hydrogens (tertiary/aromatic N) is 3. The van der Waals surface area contributed by atoms with Gasteiger partial charge in [-0.2, -0.15) is 0 Å². The van der Waals surface area contributed by atoms with E-state index in [-0.39, 0.29) is 24.0 Å². The van der Waals surface area contributed by atoms with E-state index in [9.17, 15) is 4.21 Å². The Balaban J connectivity index is 0.00000280. The van der Waals surface area contributed by atoms with Gasteiger partial charge in [0.1, 0.15) is 0 Å². The average molecular weight is 512 g/mol. The van der Waals surface area contributed by atoms with E-state index in [1.165, 1.54) is 5.69 Å². The summed E-state index contributed by atoms with van der Waals surface area (Å²) in [6, 6.07) is 20.5. The predicted molar refractivity (Wildman–Crippen MR) is 130 cm³/mol. The summed E-state index contributed by atoms with van der Waals surface area (Å²) in [5.41, 5.74) is 2.40. The van der Waals surface area contributed by atoms with Crippen LogP contribution < -0.4 is 10.2 Å². The van der Waals surface area contributed by atoms with Gasteiger partial charge >= 0.3 is 0 Å². The van der Waals surface area contributed by atoms with Crippen LogP contribution in [0.25, 0.3) is 0 Å². The first-order valence-electron chi connectivity index (χ1n) is 9.41. The summed E-state index contributed by atoms with van der Waals surface area (Å²) in [5.74, 6) is 2.13. The number of nitrogens with one attached hydrogen (secondary N) is 1. The van der Waals surface area contributed by atoms with Gasteiger partial charge in [-0.15, -0.1) is 24.0 Å². The molecule has 0 spiro atoms. The number of para-hydroxylation sites is 1. The van der Waals surface area contributed by atoms with Gasteiger partial charge in [0.05, 0.1) is 0 Å². The fourth-order valence-corrected chi connectivity index (χ4v) is 4.29. The Morgan fingerprint density at radius 2 is 1.61 bits per heavy atom. The van der Waals surface area contributed by atoms with Gasteiger partial charge in [-0.25, -0.2) is 0 Å². The maximum atomic E-state index is 12.3. The molecular weight excluding hydrogens is 483 g/mol. The highest BCUT2D eigenvalue weighted by molar-refractivity contribution is 14.0. The highest BCUT2D eigenvalue weighted by Crippen LogP contribution is 2.15. The number of halogens is 1. The van der Waals surface area contributed by atoms with Crippen molar-refractivity contribution < 1.29 is 4.21 Å². The van der Waals surface area contributed by atoms with Crippen molar-refractivity contribution in [3.05, 3.63) is 66.2 Å². The molecule has 2 aromatic carbocycles. The van der Waals surface area contributed by atoms with Crippen LogP contribution in [0.3, 0.4) is 0 Å². The molecule has 0 aliphatic carbocycles. The van der Waals surface area contributed by atoms with Gasteiger partial charge in [-0.3, -0.25) is 9.20 Å². The third kappa shape index (κ3) is 6.77. The Morgan fingerprint density at radius 1 is 1.00 bits per heavy atom. The summed E-state index contributed by atoms with van der Waals surface area (Å²) in [6.45, 7) is 4.49. The van der Waals surface area contributed by atoms with E-state index in [1.807, 2.05) is 43.4 Å². The lowest BCUT2D eigenvalue weighted by molar-refractivity contribution is 0.373. The maximum absolute atomic E-state index is 12.3. The molecule has 0 bridgehead atoms. The minimum atomic E-state index is -0.869. The number of piperazine rings is 1. The molecule has 0 amide bonds. The molecular formula is C21H29IN4OS. The van der Waals surface area contributed by atoms with Gasteiger partial charge in [0, 0.05) is 67.8 Å². The lowest BCUT2D eigenvalue weighted by atomic mass is 10.2. The van der Waals surface area contributed by atoms with Crippen molar-refractivity contribution in [2.24, 2.45) is 4.99 Å². The van der Waals surface area contributed by atoms with Crippen LogP contribution in [0, 0.1) is 0 Å². The van der Waals surface area contributed by atoms with E-state index in [1.54, 1.807) is 0 Å². The van der Waals surface area contributed by atoms with Gasteiger partial charge in [0.25, 0.3) is 0 Å². The molecule has 0 radical (unpaired) electrons. The number of hydrogen-bond acceptors (Lipinski definition) is 3. The van der Waals surface area contributed by atoms with E-state index in [0.717, 1.165) is 37.7 Å². The van der Waals surface area contributed by atoms with Crippen LogP contribution in [0.1, 0.15) is 5.56 Å². The largest absolute Gasteiger partial charge is 0.368 e. The third-order valence-corrected chi connectivity index (χ3v) is 6.01. The zero-order chi connectivity index (χ0) is 18.9. The minimum absolute atomic E-state index is 0. The number of guanidine groups is 1. The van der Waals surface area contributed by atoms with Crippen molar-refractivity contribution in [3.8, 4) is 0 Å². The molecule has 5 nitrogen and oxygen atoms in total. The summed E-state index contributed by atoms with van der Waals surface area (Å²) in [5, 5.41) is 3.37. The van der Waals surface area contributed by atoms with Crippen LogP contribution >= 0.6 is 24.0 Å². The first kappa shape index (κ1) is 22.7. The summed E-state index contributed by atoms with van der Waals surface area (Å²) in [6.07, 6.45) is 0. The van der Waals surface area contributed by atoms with Crippen molar-refractivity contribution >= 4 is 46.4 Å². The Bertz CT molecular complexity index is 750. The molecule has 1 aliphatic heterocycles. The Hall–Kier alpha value is -1.61. The molecule has 1 atom stereocenters. The van der Waals surface area contributed by atoms with E-state index in [2.05, 4.69) is 44.4 Å². The van der Waals surface area contributed by atoms with E-state index >= 15 is 0 Å². The van der Waals surface area contributed by atoms with Crippen LogP contribution in [0.4, 0.5) is 5.69 Å². The third-order valence-electron chi connectivity index (χ3n) is 4.70. The van der Waals surface area contributed by atoms with Crippen molar-refractivity contribution in [2.75, 3.05) is 50.4 Å². The quantitative estimate of drug-likeness (QED) is 0.368. The number of benzene rings is 2. The van der Waals surface area contributed by atoms with Gasteiger partial charge in [-0.05, 0) is 17.7 Å². The topological polar surface area (TPSA) is 47.9 Å². The monoisotopic (exact) mass is 512 g/mol. The fraction of sp³-hybridized carbons (Fsp3) is 0.381. The minimum Gasteiger partial charge on any atom is -0.368 e. The van der Waals surface area contributed by atoms with Crippen LogP contribution in [0.5, 0.6) is 0 Å². The van der Waals surface area contributed by atoms with Crippen molar-refractivity contribution in [3.63, 3.8) is 0 Å². The van der Waals surface area contributed by atoms with Crippen molar-refractivity contribution in [1.82, 2.24) is 10.2 Å². The van der Waals surface area contributed by atoms with Gasteiger partial charge in [0.15, 0.2) is 5.96 Å². The molecule has 7 heteroatoms. The fourth-order valence-electron chi connectivity index (χ4n) is 3.26. The van der Waals surface area contributed by atoms with Crippen molar-refractivity contribution in [1.29, 1.82) is 0 Å². The highest BCUT2D eigenvalue weighted by Gasteiger charge is 2.19. The molecule has 1 unspecified atom stereocenters. The van der Waals surface area contributed by atoms with E-state index < -0.39 is 10.8 Å². The lowest BCUT2D eigenvalue weighted by Gasteiger charge is -2.37. The first-order valence-corrected chi connectivity index (χ1v) is 10.9. The lowest BCUT2D eigenvalue weighted by Crippen LogP contribution is -2.53. The molecule has 1 aliphatic rings. The first-order chi connectivity index (χ1) is 13.3. The molecule has 2 aromatic rings. The molecule has 1 heterocycles. The zero-order valence-electron chi connectivity index (χ0n) is 16.3. The molecule has 1 N–H and O–H groups in total. The highest BCUT2D eigenvalue weighted by atomic mass is 127. The summed E-state index contributed by atoms with van der Waals surface area (Å²) in [7, 11) is 0.943. The van der Waals surface area contributed by atoms with Crippen LogP contribution in [-0.2, 0) is 16.6 Å². The van der Waals surface area contributed by atoms with Gasteiger partial charge in [-0.1, -0.05) is 48.5 Å². The molecule has 1 saturated heterocycles. The second-order valence-corrected chi connectivity index (χ2v) is 8.13. The van der Waals surface area contributed by atoms with Gasteiger partial charge < -0.3 is 15.1 Å². The SMILES string of the molecule is CN=C(NCCS(=O)Cc1ccccc1)N1CCN(c2ccccc2)CC1.I. The molecule has 28 heavy (non-hydrogen) atoms. The maximum Gasteiger partial charge on any atom is 0.193 e. The van der Waals surface area contributed by atoms with E-state index in [4.69, 9.17) is 0 Å². The summed E-state index contributed by atoms with van der Waals surface area (Å²) < 4.78 is 12.3. The molecule has 3 rings (SSSR count). The molecule has 0 saturated carbocycles.